The average molecular weight is 282 g/mol. The average Bonchev–Trinajstić information content (AvgIpc) is 3.05. The van der Waals surface area contributed by atoms with Gasteiger partial charge in [-0.25, -0.2) is 9.98 Å². The van der Waals surface area contributed by atoms with Gasteiger partial charge in [0.25, 0.3) is 0 Å². The highest BCUT2D eigenvalue weighted by Crippen LogP contribution is 2.27. The predicted octanol–water partition coefficient (Wildman–Crippen LogP) is 2.28. The number of benzene rings is 1. The van der Waals surface area contributed by atoms with Crippen LogP contribution in [0.5, 0.6) is 0 Å². The third-order valence-corrected chi connectivity index (χ3v) is 3.47. The number of aryl methyl sites for hydroxylation is 1. The van der Waals surface area contributed by atoms with Crippen molar-refractivity contribution in [1.82, 2.24) is 14.5 Å². The molecule has 0 saturated carbocycles. The van der Waals surface area contributed by atoms with Crippen molar-refractivity contribution in [2.24, 2.45) is 4.99 Å². The molecule has 0 saturated heterocycles. The quantitative estimate of drug-likeness (QED) is 0.491. The lowest BCUT2D eigenvalue weighted by Crippen LogP contribution is -2.10. The summed E-state index contributed by atoms with van der Waals surface area (Å²) in [4.78, 5) is 23.5. The Morgan fingerprint density at radius 2 is 2.10 bits per heavy atom. The van der Waals surface area contributed by atoms with Crippen LogP contribution in [0, 0.1) is 0 Å². The summed E-state index contributed by atoms with van der Waals surface area (Å²) in [5.41, 5.74) is 1.28. The molecule has 0 radical (unpaired) electrons. The van der Waals surface area contributed by atoms with Gasteiger partial charge in [0, 0.05) is 32.6 Å². The van der Waals surface area contributed by atoms with Gasteiger partial charge in [0.1, 0.15) is 11.5 Å². The standard InChI is InChI=1S/C16H18N4O/c1-19(2)11-17-16-14(20-10-6-9-13(20)18-16)15(21)12-7-4-3-5-8-12/h3-5,7-8,11H,6,9-10H2,1-2H3/b17-11+. The zero-order chi connectivity index (χ0) is 14.8. The van der Waals surface area contributed by atoms with E-state index in [1.54, 1.807) is 6.34 Å². The number of hydrogen-bond acceptors (Lipinski definition) is 3. The van der Waals surface area contributed by atoms with Crippen LogP contribution >= 0.6 is 0 Å². The smallest absolute Gasteiger partial charge is 0.213 e. The van der Waals surface area contributed by atoms with E-state index in [0.717, 1.165) is 25.2 Å². The van der Waals surface area contributed by atoms with E-state index in [1.807, 2.05) is 53.9 Å². The molecular weight excluding hydrogens is 264 g/mol. The molecule has 0 amide bonds. The molecule has 0 atom stereocenters. The van der Waals surface area contributed by atoms with Gasteiger partial charge in [-0.2, -0.15) is 0 Å². The molecule has 0 aliphatic carbocycles. The van der Waals surface area contributed by atoms with E-state index in [2.05, 4.69) is 9.98 Å². The number of aliphatic imine (C=N–C) groups is 1. The molecule has 1 aromatic carbocycles. The molecule has 0 bridgehead atoms. The van der Waals surface area contributed by atoms with Crippen molar-refractivity contribution in [2.75, 3.05) is 14.1 Å². The molecule has 1 aromatic heterocycles. The first-order valence-corrected chi connectivity index (χ1v) is 7.06. The van der Waals surface area contributed by atoms with Gasteiger partial charge >= 0.3 is 0 Å². The molecule has 0 spiro atoms. The summed E-state index contributed by atoms with van der Waals surface area (Å²) in [6, 6.07) is 9.31. The molecule has 0 unspecified atom stereocenters. The summed E-state index contributed by atoms with van der Waals surface area (Å²) in [5.74, 6) is 1.47. The van der Waals surface area contributed by atoms with Crippen molar-refractivity contribution in [3.8, 4) is 0 Å². The minimum absolute atomic E-state index is 0.0119. The molecule has 5 nitrogen and oxygen atoms in total. The Morgan fingerprint density at radius 3 is 2.81 bits per heavy atom. The molecule has 108 valence electrons. The molecule has 0 N–H and O–H groups in total. The number of hydrogen-bond donors (Lipinski definition) is 0. The van der Waals surface area contributed by atoms with E-state index in [4.69, 9.17) is 0 Å². The Kier molecular flexibility index (Phi) is 3.56. The third kappa shape index (κ3) is 2.59. The van der Waals surface area contributed by atoms with Crippen LogP contribution in [0.25, 0.3) is 0 Å². The molecule has 5 heteroatoms. The fraction of sp³-hybridized carbons (Fsp3) is 0.312. The SMILES string of the molecule is CN(C)/C=N/c1nc2n(c1C(=O)c1ccccc1)CCC2. The van der Waals surface area contributed by atoms with Gasteiger partial charge in [-0.15, -0.1) is 0 Å². The van der Waals surface area contributed by atoms with Gasteiger partial charge in [0.2, 0.25) is 5.78 Å². The molecule has 3 rings (SSSR count). The highest BCUT2D eigenvalue weighted by atomic mass is 16.1. The Hall–Kier alpha value is -2.43. The number of fused-ring (bicyclic) bond motifs is 1. The normalized spacial score (nSPS) is 13.6. The Balaban J connectivity index is 2.06. The number of carbonyl (C=O) groups excluding carboxylic acids is 1. The maximum absolute atomic E-state index is 12.8. The zero-order valence-electron chi connectivity index (χ0n) is 12.3. The van der Waals surface area contributed by atoms with Gasteiger partial charge in [-0.05, 0) is 6.42 Å². The van der Waals surface area contributed by atoms with E-state index < -0.39 is 0 Å². The second-order valence-electron chi connectivity index (χ2n) is 5.36. The zero-order valence-corrected chi connectivity index (χ0v) is 12.3. The largest absolute Gasteiger partial charge is 0.369 e. The van der Waals surface area contributed by atoms with Crippen molar-refractivity contribution in [3.63, 3.8) is 0 Å². The first-order valence-electron chi connectivity index (χ1n) is 7.06. The van der Waals surface area contributed by atoms with E-state index in [1.165, 1.54) is 0 Å². The van der Waals surface area contributed by atoms with Crippen LogP contribution in [-0.4, -0.2) is 40.7 Å². The molecule has 2 aromatic rings. The summed E-state index contributed by atoms with van der Waals surface area (Å²) >= 11 is 0. The van der Waals surface area contributed by atoms with Gasteiger partial charge < -0.3 is 9.47 Å². The van der Waals surface area contributed by atoms with Crippen LogP contribution < -0.4 is 0 Å². The fourth-order valence-electron chi connectivity index (χ4n) is 2.52. The lowest BCUT2D eigenvalue weighted by atomic mass is 10.1. The lowest BCUT2D eigenvalue weighted by Gasteiger charge is -2.06. The Morgan fingerprint density at radius 1 is 1.33 bits per heavy atom. The molecule has 21 heavy (non-hydrogen) atoms. The first kappa shape index (κ1) is 13.5. The van der Waals surface area contributed by atoms with Crippen LogP contribution in [-0.2, 0) is 13.0 Å². The van der Waals surface area contributed by atoms with Crippen molar-refractivity contribution in [1.29, 1.82) is 0 Å². The number of aromatic nitrogens is 2. The number of ketones is 1. The number of nitrogens with zero attached hydrogens (tertiary/aromatic N) is 4. The van der Waals surface area contributed by atoms with Crippen molar-refractivity contribution >= 4 is 17.9 Å². The van der Waals surface area contributed by atoms with Crippen LogP contribution in [0.1, 0.15) is 28.3 Å². The highest BCUT2D eigenvalue weighted by Gasteiger charge is 2.26. The molecule has 2 heterocycles. The van der Waals surface area contributed by atoms with Crippen LogP contribution in [0.4, 0.5) is 5.82 Å². The van der Waals surface area contributed by atoms with Crippen LogP contribution in [0.2, 0.25) is 0 Å². The third-order valence-electron chi connectivity index (χ3n) is 3.47. The maximum Gasteiger partial charge on any atom is 0.213 e. The van der Waals surface area contributed by atoms with Crippen molar-refractivity contribution in [2.45, 2.75) is 19.4 Å². The van der Waals surface area contributed by atoms with E-state index in [0.29, 0.717) is 17.1 Å². The summed E-state index contributed by atoms with van der Waals surface area (Å²) in [6.45, 7) is 0.841. The van der Waals surface area contributed by atoms with E-state index >= 15 is 0 Å². The van der Waals surface area contributed by atoms with E-state index in [-0.39, 0.29) is 5.78 Å². The molecule has 0 fully saturated rings. The minimum Gasteiger partial charge on any atom is -0.369 e. The topological polar surface area (TPSA) is 50.5 Å². The van der Waals surface area contributed by atoms with Crippen LogP contribution in [0.3, 0.4) is 0 Å². The summed E-state index contributed by atoms with van der Waals surface area (Å²) in [6.07, 6.45) is 3.63. The van der Waals surface area contributed by atoms with Gasteiger partial charge in [0.05, 0.1) is 6.34 Å². The van der Waals surface area contributed by atoms with Crippen molar-refractivity contribution < 1.29 is 4.79 Å². The summed E-state index contributed by atoms with van der Waals surface area (Å²) in [5, 5.41) is 0. The Labute approximate surface area is 123 Å². The summed E-state index contributed by atoms with van der Waals surface area (Å²) in [7, 11) is 3.79. The van der Waals surface area contributed by atoms with Gasteiger partial charge in [0.15, 0.2) is 5.82 Å². The highest BCUT2D eigenvalue weighted by molar-refractivity contribution is 6.10. The fourth-order valence-corrected chi connectivity index (χ4v) is 2.52. The molecule has 1 aliphatic rings. The number of rotatable bonds is 4. The van der Waals surface area contributed by atoms with Crippen molar-refractivity contribution in [3.05, 3.63) is 47.4 Å². The maximum atomic E-state index is 12.8. The number of imidazole rings is 1. The monoisotopic (exact) mass is 282 g/mol. The molecular formula is C16H18N4O. The molecule has 1 aliphatic heterocycles. The minimum atomic E-state index is -0.0119. The predicted molar refractivity (Wildman–Crippen MR) is 82.3 cm³/mol. The lowest BCUT2D eigenvalue weighted by molar-refractivity contribution is 0.103. The number of carbonyl (C=O) groups is 1. The summed E-state index contributed by atoms with van der Waals surface area (Å²) < 4.78 is 2.01. The van der Waals surface area contributed by atoms with E-state index in [9.17, 15) is 4.79 Å². The first-order chi connectivity index (χ1) is 10.2. The van der Waals surface area contributed by atoms with Gasteiger partial charge in [-0.1, -0.05) is 30.3 Å². The van der Waals surface area contributed by atoms with Crippen LogP contribution in [0.15, 0.2) is 35.3 Å². The second kappa shape index (κ2) is 5.52. The Bertz CT molecular complexity index is 686. The second-order valence-corrected chi connectivity index (χ2v) is 5.36. The van der Waals surface area contributed by atoms with Gasteiger partial charge in [-0.3, -0.25) is 4.79 Å².